The van der Waals surface area contributed by atoms with Crippen LogP contribution in [-0.4, -0.2) is 4.57 Å². The van der Waals surface area contributed by atoms with Crippen LogP contribution in [0.5, 0.6) is 0 Å². The predicted octanol–water partition coefficient (Wildman–Crippen LogP) is 6.16. The summed E-state index contributed by atoms with van der Waals surface area (Å²) in [5.74, 6) is 2.23. The summed E-state index contributed by atoms with van der Waals surface area (Å²) in [6, 6.07) is 18.0. The minimum Gasteiger partial charge on any atom is -0.237 e. The van der Waals surface area contributed by atoms with Gasteiger partial charge >= 0.3 is 0 Å². The molecule has 2 nitrogen and oxygen atoms in total. The van der Waals surface area contributed by atoms with Crippen molar-refractivity contribution >= 4 is 21.8 Å². The molecule has 2 heterocycles. The molecule has 0 amide bonds. The molecule has 138 valence electrons. The van der Waals surface area contributed by atoms with Crippen molar-refractivity contribution in [2.24, 2.45) is 7.05 Å². The maximum atomic E-state index is 2.46. The van der Waals surface area contributed by atoms with E-state index in [2.05, 4.69) is 106 Å². The first-order valence-electron chi connectivity index (χ1n) is 9.92. The average Bonchev–Trinajstić information content (AvgIpc) is 2.97. The normalized spacial score (nSPS) is 12.0. The molecular weight excluding hydrogens is 328 g/mol. The van der Waals surface area contributed by atoms with E-state index in [9.17, 15) is 0 Å². The summed E-state index contributed by atoms with van der Waals surface area (Å²) in [7, 11) is 2.14. The lowest BCUT2D eigenvalue weighted by molar-refractivity contribution is -0.665. The molecule has 2 aromatic heterocycles. The Labute approximate surface area is 162 Å². The Morgan fingerprint density at radius 2 is 1.59 bits per heavy atom. The molecular formula is C25H29N2+. The molecule has 0 N–H and O–H groups in total. The third-order valence-corrected chi connectivity index (χ3v) is 5.80. The molecule has 2 aromatic carbocycles. The van der Waals surface area contributed by atoms with E-state index in [4.69, 9.17) is 0 Å². The molecule has 2 heteroatoms. The highest BCUT2D eigenvalue weighted by Gasteiger charge is 2.24. The van der Waals surface area contributed by atoms with Gasteiger partial charge in [-0.3, -0.25) is 0 Å². The molecule has 0 radical (unpaired) electrons. The molecule has 4 aromatic rings. The van der Waals surface area contributed by atoms with E-state index in [0.717, 1.165) is 0 Å². The van der Waals surface area contributed by atoms with Crippen LogP contribution in [-0.2, 0) is 7.05 Å². The summed E-state index contributed by atoms with van der Waals surface area (Å²) in [4.78, 5) is 0. The number of fused-ring (bicyclic) bond motifs is 3. The molecule has 0 aliphatic carbocycles. The largest absolute Gasteiger partial charge is 0.286 e. The van der Waals surface area contributed by atoms with Gasteiger partial charge in [0.1, 0.15) is 11.0 Å². The van der Waals surface area contributed by atoms with Crippen molar-refractivity contribution in [3.63, 3.8) is 0 Å². The molecule has 0 aliphatic rings. The topological polar surface area (TPSA) is 8.81 Å². The Kier molecular flexibility index (Phi) is 4.30. The van der Waals surface area contributed by atoms with Crippen LogP contribution < -0.4 is 4.57 Å². The summed E-state index contributed by atoms with van der Waals surface area (Å²) in [6.07, 6.45) is 2.19. The summed E-state index contributed by atoms with van der Waals surface area (Å²) in [5, 5.41) is 2.66. The number of para-hydroxylation sites is 1. The van der Waals surface area contributed by atoms with Crippen LogP contribution in [0.3, 0.4) is 0 Å². The Morgan fingerprint density at radius 1 is 0.852 bits per heavy atom. The van der Waals surface area contributed by atoms with Crippen LogP contribution in [0.15, 0.2) is 54.7 Å². The Morgan fingerprint density at radius 3 is 2.30 bits per heavy atom. The monoisotopic (exact) mass is 357 g/mol. The fourth-order valence-corrected chi connectivity index (χ4v) is 4.26. The molecule has 0 bridgehead atoms. The Balaban J connectivity index is 2.19. The van der Waals surface area contributed by atoms with Crippen molar-refractivity contribution in [3.05, 3.63) is 71.4 Å². The van der Waals surface area contributed by atoms with Crippen molar-refractivity contribution < 1.29 is 4.57 Å². The van der Waals surface area contributed by atoms with Gasteiger partial charge in [-0.2, -0.15) is 4.57 Å². The van der Waals surface area contributed by atoms with Crippen LogP contribution in [0.1, 0.15) is 56.2 Å². The molecule has 0 spiro atoms. The molecule has 0 aliphatic heterocycles. The first-order chi connectivity index (χ1) is 12.9. The second-order valence-corrected chi connectivity index (χ2v) is 8.27. The lowest BCUT2D eigenvalue weighted by atomic mass is 9.95. The second-order valence-electron chi connectivity index (χ2n) is 8.27. The van der Waals surface area contributed by atoms with E-state index in [1.54, 1.807) is 0 Å². The van der Waals surface area contributed by atoms with Gasteiger partial charge in [-0.25, -0.2) is 4.57 Å². The molecule has 0 saturated heterocycles. The highest BCUT2D eigenvalue weighted by atomic mass is 15.1. The van der Waals surface area contributed by atoms with Crippen LogP contribution in [0.2, 0.25) is 0 Å². The molecule has 0 fully saturated rings. The molecule has 0 saturated carbocycles. The van der Waals surface area contributed by atoms with Crippen molar-refractivity contribution in [2.75, 3.05) is 0 Å². The third kappa shape index (κ3) is 2.75. The molecule has 4 rings (SSSR count). The third-order valence-electron chi connectivity index (χ3n) is 5.80. The summed E-state index contributed by atoms with van der Waals surface area (Å²) in [6.45, 7) is 11.3. The van der Waals surface area contributed by atoms with E-state index in [1.165, 1.54) is 44.3 Å². The number of aryl methyl sites for hydroxylation is 2. The van der Waals surface area contributed by atoms with Crippen LogP contribution in [0.25, 0.3) is 27.6 Å². The lowest BCUT2D eigenvalue weighted by Gasteiger charge is -2.12. The van der Waals surface area contributed by atoms with Crippen LogP contribution in [0.4, 0.5) is 0 Å². The summed E-state index contributed by atoms with van der Waals surface area (Å²) in [5.41, 5.74) is 6.78. The van der Waals surface area contributed by atoms with Gasteiger partial charge in [0.05, 0.1) is 13.2 Å². The first-order valence-corrected chi connectivity index (χ1v) is 9.92. The van der Waals surface area contributed by atoms with Crippen molar-refractivity contribution in [2.45, 2.75) is 46.5 Å². The highest BCUT2D eigenvalue weighted by molar-refractivity contribution is 6.10. The number of benzene rings is 2. The smallest absolute Gasteiger partial charge is 0.237 e. The average molecular weight is 358 g/mol. The number of rotatable bonds is 3. The van der Waals surface area contributed by atoms with Gasteiger partial charge in [-0.05, 0) is 54.2 Å². The minimum absolute atomic E-state index is 0.505. The van der Waals surface area contributed by atoms with Gasteiger partial charge in [0, 0.05) is 22.4 Å². The SMILES string of the molecule is Cc1c(C(C)C)ccc2c3ccccc3n(-c3cc(C(C)C)cc[n+]3C)c12. The number of aromatic nitrogens is 2. The van der Waals surface area contributed by atoms with E-state index >= 15 is 0 Å². The fourth-order valence-electron chi connectivity index (χ4n) is 4.26. The minimum atomic E-state index is 0.505. The molecule has 0 atom stereocenters. The van der Waals surface area contributed by atoms with E-state index in [0.29, 0.717) is 11.8 Å². The van der Waals surface area contributed by atoms with Crippen molar-refractivity contribution in [1.82, 2.24) is 4.57 Å². The lowest BCUT2D eigenvalue weighted by Crippen LogP contribution is -2.33. The predicted molar refractivity (Wildman–Crippen MR) is 115 cm³/mol. The van der Waals surface area contributed by atoms with Gasteiger partial charge in [-0.1, -0.05) is 45.9 Å². The standard InChI is InChI=1S/C25H29N2/c1-16(2)19-13-14-26(6)24(15-19)27-23-10-8-7-9-21(23)22-12-11-20(17(3)4)18(5)25(22)27/h7-17H,1-6H3/q+1. The van der Waals surface area contributed by atoms with Gasteiger partial charge in [0.15, 0.2) is 0 Å². The van der Waals surface area contributed by atoms with Crippen molar-refractivity contribution in [1.29, 1.82) is 0 Å². The Bertz CT molecular complexity index is 1150. The van der Waals surface area contributed by atoms with E-state index in [-0.39, 0.29) is 0 Å². The number of nitrogens with zero attached hydrogens (tertiary/aromatic N) is 2. The first kappa shape index (κ1) is 17.8. The number of hydrogen-bond donors (Lipinski definition) is 0. The van der Waals surface area contributed by atoms with E-state index < -0.39 is 0 Å². The number of hydrogen-bond acceptors (Lipinski definition) is 0. The van der Waals surface area contributed by atoms with Crippen molar-refractivity contribution in [3.8, 4) is 5.82 Å². The van der Waals surface area contributed by atoms with Crippen LogP contribution in [0, 0.1) is 6.92 Å². The zero-order valence-electron chi connectivity index (χ0n) is 17.2. The zero-order chi connectivity index (χ0) is 19.3. The number of pyridine rings is 1. The quantitative estimate of drug-likeness (QED) is 0.388. The summed E-state index contributed by atoms with van der Waals surface area (Å²) < 4.78 is 4.69. The van der Waals surface area contributed by atoms with Gasteiger partial charge < -0.3 is 0 Å². The maximum Gasteiger partial charge on any atom is 0.286 e. The summed E-state index contributed by atoms with van der Waals surface area (Å²) >= 11 is 0. The maximum absolute atomic E-state index is 2.46. The van der Waals surface area contributed by atoms with Gasteiger partial charge in [-0.15, -0.1) is 0 Å². The van der Waals surface area contributed by atoms with Crippen LogP contribution >= 0.6 is 0 Å². The Hall–Kier alpha value is -2.61. The highest BCUT2D eigenvalue weighted by Crippen LogP contribution is 2.36. The second kappa shape index (κ2) is 6.53. The van der Waals surface area contributed by atoms with Gasteiger partial charge in [0.25, 0.3) is 5.82 Å². The fraction of sp³-hybridized carbons (Fsp3) is 0.320. The van der Waals surface area contributed by atoms with E-state index in [1.807, 2.05) is 0 Å². The van der Waals surface area contributed by atoms with Gasteiger partial charge in [0.2, 0.25) is 0 Å². The molecule has 0 unspecified atom stereocenters. The molecule has 27 heavy (non-hydrogen) atoms. The zero-order valence-corrected chi connectivity index (χ0v) is 17.2.